The molecule has 0 fully saturated rings. The fourth-order valence-electron chi connectivity index (χ4n) is 1.86. The van der Waals surface area contributed by atoms with Crippen molar-refractivity contribution in [2.24, 2.45) is 0 Å². The maximum atomic E-state index is 8.71. The van der Waals surface area contributed by atoms with E-state index in [-0.39, 0.29) is 6.61 Å². The minimum Gasteiger partial charge on any atom is -0.395 e. The molecule has 0 spiro atoms. The third-order valence-electron chi connectivity index (χ3n) is 2.98. The average molecular weight is 285 g/mol. The van der Waals surface area contributed by atoms with E-state index in [1.165, 1.54) is 16.1 Å². The number of anilines is 1. The second kappa shape index (κ2) is 7.14. The van der Waals surface area contributed by atoms with Crippen molar-refractivity contribution in [2.75, 3.05) is 18.6 Å². The van der Waals surface area contributed by atoms with E-state index in [0.29, 0.717) is 6.42 Å². The van der Waals surface area contributed by atoms with Crippen molar-refractivity contribution in [1.82, 2.24) is 0 Å². The Kier molecular flexibility index (Phi) is 5.23. The number of hydrogen-bond acceptors (Lipinski definition) is 3. The number of aliphatic hydroxyl groups excluding tert-OH is 1. The molecule has 0 amide bonds. The van der Waals surface area contributed by atoms with Gasteiger partial charge in [-0.3, -0.25) is 0 Å². The quantitative estimate of drug-likeness (QED) is 0.870. The van der Waals surface area contributed by atoms with Gasteiger partial charge in [-0.1, -0.05) is 29.5 Å². The first-order valence-electron chi connectivity index (χ1n) is 6.65. The Balaban J connectivity index is 2.00. The number of benzene rings is 1. The summed E-state index contributed by atoms with van der Waals surface area (Å²) in [7, 11) is 2.10. The highest BCUT2D eigenvalue weighted by atomic mass is 32.1. The minimum absolute atomic E-state index is 0.126. The van der Waals surface area contributed by atoms with Gasteiger partial charge in [-0.2, -0.15) is 0 Å². The van der Waals surface area contributed by atoms with Gasteiger partial charge in [0.25, 0.3) is 0 Å². The molecule has 20 heavy (non-hydrogen) atoms. The van der Waals surface area contributed by atoms with Crippen LogP contribution in [-0.4, -0.2) is 18.8 Å². The van der Waals surface area contributed by atoms with Crippen LogP contribution in [0.5, 0.6) is 0 Å². The van der Waals surface area contributed by atoms with E-state index >= 15 is 0 Å². The van der Waals surface area contributed by atoms with E-state index in [1.54, 1.807) is 11.3 Å². The van der Waals surface area contributed by atoms with Crippen LogP contribution in [0, 0.1) is 18.8 Å². The maximum absolute atomic E-state index is 8.71. The smallest absolute Gasteiger partial charge is 0.0772 e. The van der Waals surface area contributed by atoms with Crippen LogP contribution in [0.25, 0.3) is 0 Å². The lowest BCUT2D eigenvalue weighted by Gasteiger charge is -2.18. The molecule has 1 heterocycles. The van der Waals surface area contributed by atoms with Crippen LogP contribution in [0.4, 0.5) is 5.69 Å². The molecule has 2 aromatic rings. The van der Waals surface area contributed by atoms with Crippen LogP contribution in [0.3, 0.4) is 0 Å². The molecule has 1 N–H and O–H groups in total. The maximum Gasteiger partial charge on any atom is 0.0772 e. The van der Waals surface area contributed by atoms with E-state index in [0.717, 1.165) is 11.4 Å². The molecule has 0 saturated carbocycles. The first-order chi connectivity index (χ1) is 9.69. The first-order valence-corrected chi connectivity index (χ1v) is 7.47. The molecule has 0 aliphatic carbocycles. The number of hydrogen-bond donors (Lipinski definition) is 1. The highest BCUT2D eigenvalue weighted by Gasteiger charge is 2.04. The third kappa shape index (κ3) is 4.12. The van der Waals surface area contributed by atoms with E-state index in [1.807, 2.05) is 6.07 Å². The Morgan fingerprint density at radius 1 is 1.15 bits per heavy atom. The number of aliphatic hydroxyl groups is 1. The van der Waals surface area contributed by atoms with Crippen molar-refractivity contribution in [3.05, 3.63) is 51.7 Å². The standard InChI is InChI=1S/C17H19NOS/c1-14-6-8-15(9-7-14)18(2)13-17-11-10-16(20-17)5-3-4-12-19/h6-11,19H,4,12-13H2,1-2H3. The normalized spacial score (nSPS) is 9.95. The van der Waals surface area contributed by atoms with Gasteiger partial charge in [0.1, 0.15) is 0 Å². The SMILES string of the molecule is Cc1ccc(N(C)Cc2ccc(C#CCCO)s2)cc1. The zero-order valence-electron chi connectivity index (χ0n) is 11.9. The summed E-state index contributed by atoms with van der Waals surface area (Å²) < 4.78 is 0. The molecule has 2 rings (SSSR count). The molecule has 0 unspecified atom stereocenters. The molecule has 0 saturated heterocycles. The predicted octanol–water partition coefficient (Wildman–Crippen LogP) is 3.43. The molecule has 0 bridgehead atoms. The van der Waals surface area contributed by atoms with Gasteiger partial charge in [0, 0.05) is 24.0 Å². The lowest BCUT2D eigenvalue weighted by Crippen LogP contribution is -2.15. The highest BCUT2D eigenvalue weighted by molar-refractivity contribution is 7.12. The molecule has 2 nitrogen and oxygen atoms in total. The van der Waals surface area contributed by atoms with Gasteiger partial charge in [0.15, 0.2) is 0 Å². The number of thiophene rings is 1. The van der Waals surface area contributed by atoms with Crippen LogP contribution >= 0.6 is 11.3 Å². The van der Waals surface area contributed by atoms with Crippen molar-refractivity contribution in [1.29, 1.82) is 0 Å². The van der Waals surface area contributed by atoms with E-state index in [9.17, 15) is 0 Å². The summed E-state index contributed by atoms with van der Waals surface area (Å²) in [5.74, 6) is 6.03. The zero-order valence-corrected chi connectivity index (χ0v) is 12.7. The molecule has 0 radical (unpaired) electrons. The van der Waals surface area contributed by atoms with Gasteiger partial charge < -0.3 is 10.0 Å². The monoisotopic (exact) mass is 285 g/mol. The fraction of sp³-hybridized carbons (Fsp3) is 0.294. The molecule has 0 aliphatic rings. The Morgan fingerprint density at radius 3 is 2.60 bits per heavy atom. The van der Waals surface area contributed by atoms with Crippen LogP contribution in [0.15, 0.2) is 36.4 Å². The van der Waals surface area contributed by atoms with Gasteiger partial charge in [-0.05, 0) is 31.2 Å². The van der Waals surface area contributed by atoms with Crippen molar-refractivity contribution >= 4 is 17.0 Å². The number of aryl methyl sites for hydroxylation is 1. The van der Waals surface area contributed by atoms with E-state index < -0.39 is 0 Å². The van der Waals surface area contributed by atoms with Crippen LogP contribution in [0.2, 0.25) is 0 Å². The van der Waals surface area contributed by atoms with E-state index in [4.69, 9.17) is 5.11 Å². The number of rotatable bonds is 4. The van der Waals surface area contributed by atoms with Crippen LogP contribution < -0.4 is 4.90 Å². The minimum atomic E-state index is 0.126. The second-order valence-corrected chi connectivity index (χ2v) is 5.90. The summed E-state index contributed by atoms with van der Waals surface area (Å²) in [6.07, 6.45) is 0.538. The zero-order chi connectivity index (χ0) is 14.4. The van der Waals surface area contributed by atoms with Crippen molar-refractivity contribution in [3.8, 4) is 11.8 Å². The van der Waals surface area contributed by atoms with Crippen molar-refractivity contribution in [3.63, 3.8) is 0 Å². The van der Waals surface area contributed by atoms with Gasteiger partial charge in [-0.25, -0.2) is 0 Å². The predicted molar refractivity (Wildman–Crippen MR) is 86.2 cm³/mol. The second-order valence-electron chi connectivity index (χ2n) is 4.73. The third-order valence-corrected chi connectivity index (χ3v) is 3.96. The number of nitrogens with zero attached hydrogens (tertiary/aromatic N) is 1. The fourth-order valence-corrected chi connectivity index (χ4v) is 2.80. The largest absolute Gasteiger partial charge is 0.395 e. The van der Waals surface area contributed by atoms with Crippen LogP contribution in [0.1, 0.15) is 21.7 Å². The molecule has 1 aromatic carbocycles. The lowest BCUT2D eigenvalue weighted by atomic mass is 10.2. The summed E-state index contributed by atoms with van der Waals surface area (Å²) >= 11 is 1.71. The topological polar surface area (TPSA) is 23.5 Å². The van der Waals surface area contributed by atoms with E-state index in [2.05, 4.69) is 61.0 Å². The summed E-state index contributed by atoms with van der Waals surface area (Å²) in [5.41, 5.74) is 2.50. The molecule has 0 aliphatic heterocycles. The molecular weight excluding hydrogens is 266 g/mol. The lowest BCUT2D eigenvalue weighted by molar-refractivity contribution is 0.305. The van der Waals surface area contributed by atoms with Crippen molar-refractivity contribution in [2.45, 2.75) is 19.9 Å². The molecule has 1 aromatic heterocycles. The summed E-state index contributed by atoms with van der Waals surface area (Å²) in [6.45, 7) is 3.11. The molecule has 0 atom stereocenters. The first kappa shape index (κ1) is 14.6. The Hall–Kier alpha value is -1.76. The molecular formula is C17H19NOS. The van der Waals surface area contributed by atoms with Crippen LogP contribution in [-0.2, 0) is 6.54 Å². The highest BCUT2D eigenvalue weighted by Crippen LogP contribution is 2.21. The van der Waals surface area contributed by atoms with Crippen molar-refractivity contribution < 1.29 is 5.11 Å². The molecule has 3 heteroatoms. The Labute approximate surface area is 124 Å². The summed E-state index contributed by atoms with van der Waals surface area (Å²) in [5, 5.41) is 8.71. The van der Waals surface area contributed by atoms with Gasteiger partial charge in [0.2, 0.25) is 0 Å². The average Bonchev–Trinajstić information content (AvgIpc) is 2.87. The Morgan fingerprint density at radius 2 is 1.90 bits per heavy atom. The van der Waals surface area contributed by atoms with Gasteiger partial charge in [0.05, 0.1) is 18.0 Å². The summed E-state index contributed by atoms with van der Waals surface area (Å²) in [4.78, 5) is 4.59. The summed E-state index contributed by atoms with van der Waals surface area (Å²) in [6, 6.07) is 12.7. The van der Waals surface area contributed by atoms with Gasteiger partial charge in [-0.15, -0.1) is 11.3 Å². The van der Waals surface area contributed by atoms with Gasteiger partial charge >= 0.3 is 0 Å². The Bertz CT molecular complexity index is 604. The molecule has 104 valence electrons.